The molecule has 1 amide bonds. The number of primary amides is 1. The summed E-state index contributed by atoms with van der Waals surface area (Å²) in [6, 6.07) is 0. The first kappa shape index (κ1) is 8.85. The Bertz CT molecular complexity index is 38.8. The van der Waals surface area contributed by atoms with Crippen LogP contribution in [0.4, 0.5) is 4.79 Å². The SMILES string of the molecule is NC(=O)O.O=O. The monoisotopic (exact) mass is 93.0 g/mol. The molecule has 5 nitrogen and oxygen atoms in total. The van der Waals surface area contributed by atoms with Gasteiger partial charge in [0.1, 0.15) is 0 Å². The van der Waals surface area contributed by atoms with Gasteiger partial charge in [-0.1, -0.05) is 0 Å². The van der Waals surface area contributed by atoms with Gasteiger partial charge >= 0.3 is 6.09 Å². The molecule has 5 heteroatoms. The minimum absolute atomic E-state index is 1.33. The van der Waals surface area contributed by atoms with Gasteiger partial charge in [0.2, 0.25) is 0 Å². The highest BCUT2D eigenvalue weighted by molar-refractivity contribution is 5.61. The zero-order valence-corrected chi connectivity index (χ0v) is 2.75. The molecule has 0 aromatic heterocycles. The van der Waals surface area contributed by atoms with Crippen LogP contribution in [0, 0.1) is 9.93 Å². The Kier molecular flexibility index (Phi) is 13.5. The fourth-order valence-corrected chi connectivity index (χ4v) is 0. The summed E-state index contributed by atoms with van der Waals surface area (Å²) in [5.74, 6) is 0. The van der Waals surface area contributed by atoms with Gasteiger partial charge in [-0.3, -0.25) is 0 Å². The predicted octanol–water partition coefficient (Wildman–Crippen LogP) is -0.310. The van der Waals surface area contributed by atoms with Gasteiger partial charge in [0.15, 0.2) is 0 Å². The van der Waals surface area contributed by atoms with Gasteiger partial charge in [0.05, 0.1) is 0 Å². The van der Waals surface area contributed by atoms with Gasteiger partial charge in [-0.25, -0.2) is 4.79 Å². The normalized spacial score (nSPS) is 4.67. The first-order chi connectivity index (χ1) is 2.73. The molecule has 0 bridgehead atoms. The number of hydrogen-bond donors (Lipinski definition) is 2. The second kappa shape index (κ2) is 9.12. The summed E-state index contributed by atoms with van der Waals surface area (Å²) < 4.78 is 0. The Hall–Kier alpha value is -1.13. The molecule has 0 atom stereocenters. The molecule has 0 fully saturated rings. The van der Waals surface area contributed by atoms with Crippen LogP contribution in [0.15, 0.2) is 0 Å². The van der Waals surface area contributed by atoms with Gasteiger partial charge in [0, 0.05) is 9.93 Å². The van der Waals surface area contributed by atoms with E-state index >= 15 is 0 Å². The number of carbonyl (C=O) groups is 1. The van der Waals surface area contributed by atoms with Crippen molar-refractivity contribution in [2.24, 2.45) is 5.73 Å². The molecule has 0 heterocycles. The zero-order chi connectivity index (χ0) is 5.58. The van der Waals surface area contributed by atoms with Crippen molar-refractivity contribution in [3.05, 3.63) is 9.93 Å². The maximum absolute atomic E-state index is 8.78. The molecule has 0 unspecified atom stereocenters. The highest BCUT2D eigenvalue weighted by Crippen LogP contribution is 1.34. The molecule has 0 saturated heterocycles. The number of hydrogen-bond acceptors (Lipinski definition) is 3. The number of rotatable bonds is 0. The van der Waals surface area contributed by atoms with Crippen LogP contribution >= 0.6 is 0 Å². The second-order valence-electron chi connectivity index (χ2n) is 0.338. The average molecular weight is 93.0 g/mol. The summed E-state index contributed by atoms with van der Waals surface area (Å²) in [4.78, 5) is 22.8. The minimum atomic E-state index is -1.33. The van der Waals surface area contributed by atoms with Gasteiger partial charge in [-0.05, 0) is 0 Å². The van der Waals surface area contributed by atoms with Crippen molar-refractivity contribution in [3.8, 4) is 0 Å². The molecule has 0 radical (unpaired) electrons. The Labute approximate surface area is 33.0 Å². The molecule has 0 saturated carbocycles. The fourth-order valence-electron chi connectivity index (χ4n) is 0. The van der Waals surface area contributed by atoms with Gasteiger partial charge in [-0.15, -0.1) is 0 Å². The first-order valence-electron chi connectivity index (χ1n) is 0.883. The molecule has 0 rings (SSSR count). The Morgan fingerprint density at radius 3 is 1.50 bits per heavy atom. The number of nitrogens with two attached hydrogens (primary N) is 1. The molecule has 6 heavy (non-hydrogen) atoms. The lowest BCUT2D eigenvalue weighted by Crippen LogP contribution is -2.03. The lowest BCUT2D eigenvalue weighted by molar-refractivity contribution is 0.205. The quantitative estimate of drug-likeness (QED) is 0.429. The van der Waals surface area contributed by atoms with Crippen LogP contribution in [0.25, 0.3) is 0 Å². The summed E-state index contributed by atoms with van der Waals surface area (Å²) in [7, 11) is 0. The topological polar surface area (TPSA) is 97.5 Å². The second-order valence-corrected chi connectivity index (χ2v) is 0.338. The molecule has 0 aliphatic carbocycles. The van der Waals surface area contributed by atoms with E-state index in [0.29, 0.717) is 0 Å². The van der Waals surface area contributed by atoms with Crippen LogP contribution in [-0.2, 0) is 0 Å². The van der Waals surface area contributed by atoms with Crippen LogP contribution in [0.3, 0.4) is 0 Å². The Morgan fingerprint density at radius 1 is 1.50 bits per heavy atom. The third-order valence-corrected chi connectivity index (χ3v) is 0. The van der Waals surface area contributed by atoms with Crippen molar-refractivity contribution in [2.75, 3.05) is 0 Å². The summed E-state index contributed by atoms with van der Waals surface area (Å²) in [5.41, 5.74) is 4.03. The molecule has 0 aliphatic heterocycles. The Balaban J connectivity index is 0. The van der Waals surface area contributed by atoms with E-state index in [1.54, 1.807) is 0 Å². The van der Waals surface area contributed by atoms with Crippen LogP contribution in [0.5, 0.6) is 0 Å². The Morgan fingerprint density at radius 2 is 1.50 bits per heavy atom. The van der Waals surface area contributed by atoms with E-state index in [9.17, 15) is 0 Å². The van der Waals surface area contributed by atoms with Gasteiger partial charge in [0.25, 0.3) is 0 Å². The van der Waals surface area contributed by atoms with Gasteiger partial charge < -0.3 is 10.8 Å². The van der Waals surface area contributed by atoms with E-state index in [1.165, 1.54) is 0 Å². The molecular weight excluding hydrogens is 90.0 g/mol. The number of carboxylic acid groups (broad SMARTS) is 1. The van der Waals surface area contributed by atoms with Crippen LogP contribution < -0.4 is 5.73 Å². The lowest BCUT2D eigenvalue weighted by Gasteiger charge is -1.61. The lowest BCUT2D eigenvalue weighted by atomic mass is 11.3. The smallest absolute Gasteiger partial charge is 0.402 e. The van der Waals surface area contributed by atoms with Crippen LogP contribution in [0.2, 0.25) is 0 Å². The summed E-state index contributed by atoms with van der Waals surface area (Å²) in [6.07, 6.45) is -1.33. The zero-order valence-electron chi connectivity index (χ0n) is 2.75. The van der Waals surface area contributed by atoms with E-state index in [-0.39, 0.29) is 0 Å². The largest absolute Gasteiger partial charge is 0.465 e. The van der Waals surface area contributed by atoms with E-state index in [1.807, 2.05) is 0 Å². The van der Waals surface area contributed by atoms with Gasteiger partial charge in [-0.2, -0.15) is 0 Å². The van der Waals surface area contributed by atoms with Crippen molar-refractivity contribution < 1.29 is 9.90 Å². The maximum atomic E-state index is 8.78. The maximum Gasteiger partial charge on any atom is 0.402 e. The standard InChI is InChI=1S/CH3NO2.O2/c2-1(3)4;1-2/h2H2,(H,3,4);. The van der Waals surface area contributed by atoms with Crippen LogP contribution in [0.1, 0.15) is 0 Å². The summed E-state index contributed by atoms with van der Waals surface area (Å²) in [6.45, 7) is 0. The third-order valence-electron chi connectivity index (χ3n) is 0. The third kappa shape index (κ3) is 7.86. The molecular formula is CH3NO4. The average Bonchev–Trinajstić information content (AvgIpc) is 1.41. The molecule has 0 aromatic rings. The van der Waals surface area contributed by atoms with Crippen molar-refractivity contribution in [2.45, 2.75) is 0 Å². The highest BCUT2D eigenvalue weighted by Gasteiger charge is 1.65. The highest BCUT2D eigenvalue weighted by atomic mass is 16.7. The fraction of sp³-hybridized carbons (Fsp3) is 0. The van der Waals surface area contributed by atoms with Crippen molar-refractivity contribution in [1.82, 2.24) is 0 Å². The van der Waals surface area contributed by atoms with Crippen molar-refractivity contribution in [3.63, 3.8) is 0 Å². The van der Waals surface area contributed by atoms with E-state index in [2.05, 4.69) is 5.73 Å². The molecule has 0 spiro atoms. The molecule has 0 aromatic carbocycles. The molecule has 3 N–H and O–H groups in total. The number of amides is 1. The van der Waals surface area contributed by atoms with E-state index < -0.39 is 6.09 Å². The summed E-state index contributed by atoms with van der Waals surface area (Å²) >= 11 is 0. The minimum Gasteiger partial charge on any atom is -0.465 e. The molecule has 0 aliphatic rings. The van der Waals surface area contributed by atoms with Crippen molar-refractivity contribution in [1.29, 1.82) is 0 Å². The predicted molar refractivity (Wildman–Crippen MR) is 18.9 cm³/mol. The van der Waals surface area contributed by atoms with E-state index in [4.69, 9.17) is 19.8 Å². The van der Waals surface area contributed by atoms with E-state index in [0.717, 1.165) is 0 Å². The van der Waals surface area contributed by atoms with Crippen molar-refractivity contribution >= 4 is 6.09 Å². The molecule has 36 valence electrons. The van der Waals surface area contributed by atoms with Crippen LogP contribution in [-0.4, -0.2) is 11.2 Å². The first-order valence-corrected chi connectivity index (χ1v) is 0.883. The summed E-state index contributed by atoms with van der Waals surface area (Å²) in [5, 5.41) is 7.19.